The summed E-state index contributed by atoms with van der Waals surface area (Å²) in [7, 11) is 1.72. The zero-order chi connectivity index (χ0) is 22.4. The molecule has 156 valence electrons. The fourth-order valence-corrected chi connectivity index (χ4v) is 2.95. The highest BCUT2D eigenvalue weighted by atomic mass is 16.5. The monoisotopic (exact) mass is 416 g/mol. The number of amides is 1. The quantitative estimate of drug-likeness (QED) is 0.276. The van der Waals surface area contributed by atoms with E-state index in [9.17, 15) is 20.0 Å². The lowest BCUT2D eigenvalue weighted by Crippen LogP contribution is -2.26. The van der Waals surface area contributed by atoms with E-state index in [-0.39, 0.29) is 17.1 Å². The SMILES string of the molecule is CC(=O)N/C(=C\c1ccccc1)C(=O)OC/C(O)=C(\C#N)c1nc2ccccc2n1C. The molecule has 31 heavy (non-hydrogen) atoms. The Morgan fingerprint density at radius 2 is 1.87 bits per heavy atom. The second-order valence-corrected chi connectivity index (χ2v) is 6.64. The number of benzene rings is 2. The van der Waals surface area contributed by atoms with E-state index in [4.69, 9.17) is 4.74 Å². The van der Waals surface area contributed by atoms with Gasteiger partial charge in [0.25, 0.3) is 0 Å². The summed E-state index contributed by atoms with van der Waals surface area (Å²) in [6.45, 7) is 0.708. The molecule has 0 saturated carbocycles. The first-order valence-corrected chi connectivity index (χ1v) is 9.36. The van der Waals surface area contributed by atoms with Crippen LogP contribution in [0.25, 0.3) is 22.7 Å². The number of aliphatic hydroxyl groups excluding tert-OH is 1. The van der Waals surface area contributed by atoms with Gasteiger partial charge >= 0.3 is 5.97 Å². The van der Waals surface area contributed by atoms with Crippen LogP contribution in [0.3, 0.4) is 0 Å². The van der Waals surface area contributed by atoms with Gasteiger partial charge in [-0.05, 0) is 23.8 Å². The number of carbonyl (C=O) groups excluding carboxylic acids is 2. The third-order valence-electron chi connectivity index (χ3n) is 4.39. The highest BCUT2D eigenvalue weighted by molar-refractivity contribution is 5.97. The molecule has 0 bridgehead atoms. The van der Waals surface area contributed by atoms with E-state index < -0.39 is 24.2 Å². The van der Waals surface area contributed by atoms with Crippen LogP contribution in [-0.4, -0.2) is 33.1 Å². The molecule has 3 aromatic rings. The minimum Gasteiger partial charge on any atom is -0.507 e. The number of hydrogen-bond donors (Lipinski definition) is 2. The van der Waals surface area contributed by atoms with Crippen LogP contribution in [0.15, 0.2) is 66.1 Å². The van der Waals surface area contributed by atoms with Crippen molar-refractivity contribution in [2.45, 2.75) is 6.92 Å². The number of nitrogens with one attached hydrogen (secondary N) is 1. The number of carbonyl (C=O) groups is 2. The van der Waals surface area contributed by atoms with Crippen molar-refractivity contribution in [1.29, 1.82) is 5.26 Å². The summed E-state index contributed by atoms with van der Waals surface area (Å²) in [5.41, 5.74) is 1.93. The van der Waals surface area contributed by atoms with Gasteiger partial charge in [-0.15, -0.1) is 0 Å². The molecule has 0 radical (unpaired) electrons. The van der Waals surface area contributed by atoms with E-state index in [0.717, 1.165) is 5.52 Å². The van der Waals surface area contributed by atoms with Crippen molar-refractivity contribution >= 4 is 34.6 Å². The molecule has 8 heteroatoms. The average molecular weight is 416 g/mol. The van der Waals surface area contributed by atoms with E-state index in [0.29, 0.717) is 11.1 Å². The van der Waals surface area contributed by atoms with Gasteiger partial charge in [-0.3, -0.25) is 4.79 Å². The number of allylic oxidation sites excluding steroid dienone is 1. The Bertz CT molecular complexity index is 1230. The van der Waals surface area contributed by atoms with Crippen LogP contribution < -0.4 is 5.32 Å². The fraction of sp³-hybridized carbons (Fsp3) is 0.130. The number of aromatic nitrogens is 2. The minimum absolute atomic E-state index is 0.0901. The van der Waals surface area contributed by atoms with Crippen LogP contribution in [0.4, 0.5) is 0 Å². The van der Waals surface area contributed by atoms with Crippen molar-refractivity contribution in [2.24, 2.45) is 7.05 Å². The summed E-state index contributed by atoms with van der Waals surface area (Å²) in [6.07, 6.45) is 1.46. The highest BCUT2D eigenvalue weighted by Crippen LogP contribution is 2.22. The van der Waals surface area contributed by atoms with Crippen LogP contribution in [0.5, 0.6) is 0 Å². The molecule has 0 unspecified atom stereocenters. The Hall–Kier alpha value is -4.38. The third-order valence-corrected chi connectivity index (χ3v) is 4.39. The molecule has 1 amide bonds. The molecule has 2 N–H and O–H groups in total. The van der Waals surface area contributed by atoms with Gasteiger partial charge in [-0.25, -0.2) is 9.78 Å². The van der Waals surface area contributed by atoms with Crippen molar-refractivity contribution in [3.05, 3.63) is 77.4 Å². The predicted octanol–water partition coefficient (Wildman–Crippen LogP) is 3.09. The molecule has 8 nitrogen and oxygen atoms in total. The summed E-state index contributed by atoms with van der Waals surface area (Å²) in [4.78, 5) is 28.4. The smallest absolute Gasteiger partial charge is 0.355 e. The maximum atomic E-state index is 12.5. The van der Waals surface area contributed by atoms with Gasteiger partial charge in [-0.1, -0.05) is 42.5 Å². The van der Waals surface area contributed by atoms with Crippen molar-refractivity contribution in [3.63, 3.8) is 0 Å². The molecule has 0 saturated heterocycles. The van der Waals surface area contributed by atoms with Gasteiger partial charge < -0.3 is 19.7 Å². The number of hydrogen-bond acceptors (Lipinski definition) is 6. The number of ether oxygens (including phenoxy) is 1. The first kappa shape index (κ1) is 21.3. The van der Waals surface area contributed by atoms with Gasteiger partial charge in [0.2, 0.25) is 5.91 Å². The molecule has 0 aliphatic rings. The van der Waals surface area contributed by atoms with Crippen LogP contribution in [0.2, 0.25) is 0 Å². The summed E-state index contributed by atoms with van der Waals surface area (Å²) in [5, 5.41) is 22.4. The van der Waals surface area contributed by atoms with Crippen molar-refractivity contribution in [3.8, 4) is 6.07 Å². The Balaban J connectivity index is 1.84. The summed E-state index contributed by atoms with van der Waals surface area (Å²) in [6, 6.07) is 18.1. The third kappa shape index (κ3) is 4.97. The number of nitriles is 1. The maximum Gasteiger partial charge on any atom is 0.355 e. The van der Waals surface area contributed by atoms with Crippen molar-refractivity contribution in [1.82, 2.24) is 14.9 Å². The number of para-hydroxylation sites is 2. The summed E-state index contributed by atoms with van der Waals surface area (Å²) in [5.74, 6) is -1.50. The molecule has 0 atom stereocenters. The Morgan fingerprint density at radius 3 is 2.52 bits per heavy atom. The van der Waals surface area contributed by atoms with E-state index >= 15 is 0 Å². The predicted molar refractivity (Wildman–Crippen MR) is 115 cm³/mol. The van der Waals surface area contributed by atoms with Gasteiger partial charge in [0.05, 0.1) is 11.0 Å². The van der Waals surface area contributed by atoms with Gasteiger partial charge in [0.15, 0.2) is 11.6 Å². The second-order valence-electron chi connectivity index (χ2n) is 6.64. The zero-order valence-corrected chi connectivity index (χ0v) is 17.0. The standard InChI is InChI=1S/C23H20N4O4/c1-15(28)25-19(12-16-8-4-3-5-9-16)23(30)31-14-21(29)17(13-24)22-26-18-10-6-7-11-20(18)27(22)2/h3-12,29H,14H2,1-2H3,(H,25,28)/b19-12-,21-17-. The number of aryl methyl sites for hydroxylation is 1. The molecule has 0 aliphatic heterocycles. The zero-order valence-electron chi connectivity index (χ0n) is 17.0. The van der Waals surface area contributed by atoms with Gasteiger partial charge in [-0.2, -0.15) is 5.26 Å². The lowest BCUT2D eigenvalue weighted by molar-refractivity contribution is -0.140. The fourth-order valence-electron chi connectivity index (χ4n) is 2.95. The molecule has 0 fully saturated rings. The Labute approximate surface area is 178 Å². The number of esters is 1. The van der Waals surface area contributed by atoms with Crippen molar-refractivity contribution in [2.75, 3.05) is 6.61 Å². The minimum atomic E-state index is -0.854. The Morgan fingerprint density at radius 1 is 1.19 bits per heavy atom. The number of aliphatic hydroxyl groups is 1. The number of imidazole rings is 1. The van der Waals surface area contributed by atoms with E-state index in [1.165, 1.54) is 13.0 Å². The molecule has 2 aromatic carbocycles. The first-order chi connectivity index (χ1) is 14.9. The Kier molecular flexibility index (Phi) is 6.48. The molecule has 1 heterocycles. The van der Waals surface area contributed by atoms with Crippen molar-refractivity contribution < 1.29 is 19.4 Å². The first-order valence-electron chi connectivity index (χ1n) is 9.36. The molecule has 0 spiro atoms. The number of fused-ring (bicyclic) bond motifs is 1. The molecule has 0 aliphatic carbocycles. The molecular formula is C23H20N4O4. The number of rotatable bonds is 6. The average Bonchev–Trinajstić information content (AvgIpc) is 3.09. The van der Waals surface area contributed by atoms with Crippen LogP contribution >= 0.6 is 0 Å². The van der Waals surface area contributed by atoms with Crippen LogP contribution in [-0.2, 0) is 21.4 Å². The lowest BCUT2D eigenvalue weighted by Gasteiger charge is -2.10. The summed E-state index contributed by atoms with van der Waals surface area (Å²) < 4.78 is 6.81. The van der Waals surface area contributed by atoms with Crippen LogP contribution in [0, 0.1) is 11.3 Å². The van der Waals surface area contributed by atoms with Gasteiger partial charge in [0, 0.05) is 14.0 Å². The van der Waals surface area contributed by atoms with Gasteiger partial charge in [0.1, 0.15) is 23.9 Å². The largest absolute Gasteiger partial charge is 0.507 e. The number of nitrogens with zero attached hydrogens (tertiary/aromatic N) is 3. The van der Waals surface area contributed by atoms with E-state index in [1.54, 1.807) is 41.9 Å². The molecule has 3 rings (SSSR count). The van der Waals surface area contributed by atoms with Crippen LogP contribution in [0.1, 0.15) is 18.3 Å². The lowest BCUT2D eigenvalue weighted by atomic mass is 10.2. The topological polar surface area (TPSA) is 117 Å². The van der Waals surface area contributed by atoms with E-state index in [2.05, 4.69) is 10.3 Å². The molecular weight excluding hydrogens is 396 g/mol. The molecule has 1 aromatic heterocycles. The summed E-state index contributed by atoms with van der Waals surface area (Å²) >= 11 is 0. The maximum absolute atomic E-state index is 12.5. The normalized spacial score (nSPS) is 12.1. The second kappa shape index (κ2) is 9.41. The highest BCUT2D eigenvalue weighted by Gasteiger charge is 2.19. The van der Waals surface area contributed by atoms with E-state index in [1.807, 2.05) is 30.3 Å².